The number of carbonyl (C=O) groups excluding carboxylic acids is 1. The molecule has 0 unspecified atom stereocenters. The fourth-order valence-electron chi connectivity index (χ4n) is 5.01. The van der Waals surface area contributed by atoms with Gasteiger partial charge in [-0.1, -0.05) is 0 Å². The van der Waals surface area contributed by atoms with Crippen molar-refractivity contribution < 1.29 is 18.3 Å². The van der Waals surface area contributed by atoms with Gasteiger partial charge in [0.1, 0.15) is 34.3 Å². The van der Waals surface area contributed by atoms with Gasteiger partial charge >= 0.3 is 0 Å². The Kier molecular flexibility index (Phi) is 8.56. The third-order valence-electron chi connectivity index (χ3n) is 6.90. The van der Waals surface area contributed by atoms with Crippen LogP contribution >= 0.6 is 0 Å². The van der Waals surface area contributed by atoms with E-state index in [1.165, 1.54) is 13.0 Å². The summed E-state index contributed by atoms with van der Waals surface area (Å²) in [5.41, 5.74) is 6.88. The van der Waals surface area contributed by atoms with E-state index in [-0.39, 0.29) is 11.6 Å². The second-order valence-electron chi connectivity index (χ2n) is 9.29. The number of anilines is 2. The normalized spacial score (nSPS) is 16.6. The molecule has 1 atom stereocenters. The van der Waals surface area contributed by atoms with Crippen LogP contribution in [0.25, 0.3) is 16.7 Å². The van der Waals surface area contributed by atoms with E-state index in [9.17, 15) is 18.4 Å². The molecule has 12 heteroatoms. The summed E-state index contributed by atoms with van der Waals surface area (Å²) in [6.07, 6.45) is 3.99. The van der Waals surface area contributed by atoms with Crippen molar-refractivity contribution in [3.05, 3.63) is 63.9 Å². The first kappa shape index (κ1) is 28.1. The van der Waals surface area contributed by atoms with Crippen LogP contribution in [0.3, 0.4) is 0 Å². The zero-order chi connectivity index (χ0) is 28.3. The lowest BCUT2D eigenvalue weighted by Crippen LogP contribution is -2.36. The summed E-state index contributed by atoms with van der Waals surface area (Å²) in [6, 6.07) is 4.89. The first-order valence-electron chi connectivity index (χ1n) is 12.8. The predicted molar refractivity (Wildman–Crippen MR) is 147 cm³/mol. The van der Waals surface area contributed by atoms with Crippen LogP contribution in [0.15, 0.2) is 46.9 Å². The summed E-state index contributed by atoms with van der Waals surface area (Å²) in [6.45, 7) is 6.54. The van der Waals surface area contributed by atoms with Gasteiger partial charge in [-0.15, -0.1) is 0 Å². The van der Waals surface area contributed by atoms with Gasteiger partial charge in [-0.2, -0.15) is 9.78 Å². The molecular formula is C27H33F2N7O3. The lowest BCUT2D eigenvalue weighted by atomic mass is 10.1. The molecule has 0 spiro atoms. The molecule has 3 heterocycles. The maximum atomic E-state index is 14.4. The van der Waals surface area contributed by atoms with Gasteiger partial charge in [0, 0.05) is 39.0 Å². The Hall–Kier alpha value is -3.90. The number of halogens is 2. The van der Waals surface area contributed by atoms with Crippen molar-refractivity contribution >= 4 is 34.0 Å². The highest BCUT2D eigenvalue weighted by atomic mass is 19.1. The Bertz CT molecular complexity index is 1510. The number of nitrogens with one attached hydrogen (secondary N) is 1. The van der Waals surface area contributed by atoms with Crippen molar-refractivity contribution in [1.82, 2.24) is 19.3 Å². The molecular weight excluding hydrogens is 508 g/mol. The van der Waals surface area contributed by atoms with Crippen molar-refractivity contribution in [3.8, 4) is 0 Å². The fourth-order valence-corrected chi connectivity index (χ4v) is 5.01. The number of methoxy groups -OCH3 is 1. The van der Waals surface area contributed by atoms with E-state index in [1.54, 1.807) is 13.2 Å². The molecule has 0 bridgehead atoms. The molecule has 3 aromatic rings. The van der Waals surface area contributed by atoms with Crippen LogP contribution < -0.4 is 21.5 Å². The maximum Gasteiger partial charge on any atom is 0.284 e. The second-order valence-corrected chi connectivity index (χ2v) is 9.29. The maximum absolute atomic E-state index is 14.4. The molecule has 39 heavy (non-hydrogen) atoms. The van der Waals surface area contributed by atoms with Gasteiger partial charge in [0.15, 0.2) is 0 Å². The van der Waals surface area contributed by atoms with Crippen molar-refractivity contribution in [2.24, 2.45) is 5.73 Å². The minimum absolute atomic E-state index is 0.0536. The molecule has 1 aliphatic rings. The number of benzene rings is 1. The Labute approximate surface area is 224 Å². The van der Waals surface area contributed by atoms with E-state index in [1.807, 2.05) is 17.6 Å². The number of carbonyl (C=O) groups is 1. The SMILES string of the molecule is C/C=C(F)\C(=C(/C)F)n1nccc(C(=O)Nc2ccc3c(nc(C)n3CCOC)c2N2CCC[C@H]2CN)c1=O. The van der Waals surface area contributed by atoms with Gasteiger partial charge < -0.3 is 25.3 Å². The van der Waals surface area contributed by atoms with E-state index in [4.69, 9.17) is 15.5 Å². The van der Waals surface area contributed by atoms with Crippen molar-refractivity contribution in [1.29, 1.82) is 0 Å². The van der Waals surface area contributed by atoms with Gasteiger partial charge in [-0.25, -0.2) is 13.8 Å². The Morgan fingerprint density at radius 1 is 1.31 bits per heavy atom. The van der Waals surface area contributed by atoms with Gasteiger partial charge in [0.25, 0.3) is 11.5 Å². The minimum Gasteiger partial charge on any atom is -0.383 e. The number of ether oxygens (including phenoxy) is 1. The Morgan fingerprint density at radius 2 is 2.08 bits per heavy atom. The molecule has 0 aliphatic carbocycles. The third kappa shape index (κ3) is 5.34. The first-order chi connectivity index (χ1) is 18.7. The standard InChI is InChI=1S/C27H33F2N7O3/c1-5-20(29)24(16(2)28)36-27(38)19(10-11-31-36)26(37)33-21-8-9-22-23(32-17(3)34(22)13-14-39-4)25(21)35-12-6-7-18(35)15-30/h5,8-11,18H,6-7,12-15,30H2,1-4H3,(H,33,37)/b20-5+,24-16-/t18-/m0/s1. The van der Waals surface area contributed by atoms with Crippen LogP contribution in [0, 0.1) is 6.92 Å². The quantitative estimate of drug-likeness (QED) is 0.396. The largest absolute Gasteiger partial charge is 0.383 e. The average Bonchev–Trinajstić information content (AvgIpc) is 3.51. The lowest BCUT2D eigenvalue weighted by Gasteiger charge is -2.28. The molecule has 1 aliphatic heterocycles. The molecule has 2 aromatic heterocycles. The molecule has 3 N–H and O–H groups in total. The number of hydrogen-bond donors (Lipinski definition) is 2. The summed E-state index contributed by atoms with van der Waals surface area (Å²) in [5.74, 6) is -1.88. The zero-order valence-corrected chi connectivity index (χ0v) is 22.5. The number of fused-ring (bicyclic) bond motifs is 1. The number of hydrogen-bond acceptors (Lipinski definition) is 7. The number of aryl methyl sites for hydroxylation is 1. The topological polar surface area (TPSA) is 120 Å². The van der Waals surface area contributed by atoms with Crippen LogP contribution in [0.2, 0.25) is 0 Å². The summed E-state index contributed by atoms with van der Waals surface area (Å²) < 4.78 is 36.4. The number of nitrogens with zero attached hydrogens (tertiary/aromatic N) is 5. The highest BCUT2D eigenvalue weighted by molar-refractivity contribution is 6.09. The van der Waals surface area contributed by atoms with Crippen molar-refractivity contribution in [3.63, 3.8) is 0 Å². The molecule has 0 radical (unpaired) electrons. The van der Waals surface area contributed by atoms with Crippen LogP contribution in [0.1, 0.15) is 42.9 Å². The van der Waals surface area contributed by atoms with Gasteiger partial charge in [0.05, 0.1) is 23.5 Å². The van der Waals surface area contributed by atoms with Crippen LogP contribution in [0.5, 0.6) is 0 Å². The monoisotopic (exact) mass is 541 g/mol. The fraction of sp³-hybridized carbons (Fsp3) is 0.407. The summed E-state index contributed by atoms with van der Waals surface area (Å²) in [7, 11) is 1.64. The molecule has 1 amide bonds. The van der Waals surface area contributed by atoms with Crippen molar-refractivity contribution in [2.45, 2.75) is 46.2 Å². The molecule has 10 nitrogen and oxygen atoms in total. The zero-order valence-electron chi connectivity index (χ0n) is 22.5. The number of amides is 1. The first-order valence-corrected chi connectivity index (χ1v) is 12.8. The highest BCUT2D eigenvalue weighted by Crippen LogP contribution is 2.38. The number of rotatable bonds is 9. The smallest absolute Gasteiger partial charge is 0.284 e. The number of aromatic nitrogens is 4. The molecule has 1 aromatic carbocycles. The number of imidazole rings is 1. The van der Waals surface area contributed by atoms with E-state index in [2.05, 4.69) is 15.3 Å². The van der Waals surface area contributed by atoms with Crippen LogP contribution in [0.4, 0.5) is 20.2 Å². The molecule has 4 rings (SSSR count). The molecule has 1 fully saturated rings. The van der Waals surface area contributed by atoms with Crippen LogP contribution in [-0.2, 0) is 11.3 Å². The Morgan fingerprint density at radius 3 is 2.74 bits per heavy atom. The lowest BCUT2D eigenvalue weighted by molar-refractivity contribution is 0.102. The number of allylic oxidation sites excluding steroid dienone is 4. The van der Waals surface area contributed by atoms with Gasteiger partial charge in [-0.3, -0.25) is 9.59 Å². The predicted octanol–water partition coefficient (Wildman–Crippen LogP) is 3.76. The third-order valence-corrected chi connectivity index (χ3v) is 6.90. The molecule has 1 saturated heterocycles. The average molecular weight is 542 g/mol. The number of nitrogens with two attached hydrogens (primary N) is 1. The van der Waals surface area contributed by atoms with E-state index in [0.29, 0.717) is 41.3 Å². The molecule has 0 saturated carbocycles. The van der Waals surface area contributed by atoms with Crippen LogP contribution in [-0.4, -0.2) is 58.1 Å². The summed E-state index contributed by atoms with van der Waals surface area (Å²) >= 11 is 0. The van der Waals surface area contributed by atoms with E-state index < -0.39 is 28.8 Å². The van der Waals surface area contributed by atoms with Gasteiger partial charge in [0.2, 0.25) is 0 Å². The van der Waals surface area contributed by atoms with E-state index >= 15 is 0 Å². The summed E-state index contributed by atoms with van der Waals surface area (Å²) in [4.78, 5) is 33.6. The van der Waals surface area contributed by atoms with Gasteiger partial charge in [-0.05, 0) is 57.9 Å². The van der Waals surface area contributed by atoms with Crippen molar-refractivity contribution in [2.75, 3.05) is 37.0 Å². The second kappa shape index (κ2) is 11.9. The Balaban J connectivity index is 1.81. The minimum atomic E-state index is -0.976. The van der Waals surface area contributed by atoms with E-state index in [0.717, 1.165) is 49.9 Å². The highest BCUT2D eigenvalue weighted by Gasteiger charge is 2.30. The molecule has 208 valence electrons. The summed E-state index contributed by atoms with van der Waals surface area (Å²) in [5, 5.41) is 6.64.